The Morgan fingerprint density at radius 2 is 2.29 bits per heavy atom. The third kappa shape index (κ3) is 2.38. The van der Waals surface area contributed by atoms with Crippen LogP contribution >= 0.6 is 0 Å². The molecule has 1 N–H and O–H groups in total. The fourth-order valence-electron chi connectivity index (χ4n) is 3.94. The Balaban J connectivity index is 1.47. The van der Waals surface area contributed by atoms with Gasteiger partial charge in [0.05, 0.1) is 6.10 Å². The van der Waals surface area contributed by atoms with Crippen molar-refractivity contribution in [3.8, 4) is 0 Å². The summed E-state index contributed by atoms with van der Waals surface area (Å²) in [5, 5.41) is 6.58. The van der Waals surface area contributed by atoms with E-state index in [2.05, 4.69) is 15.1 Å². The van der Waals surface area contributed by atoms with Crippen LogP contribution in [0.25, 0.3) is 0 Å². The van der Waals surface area contributed by atoms with Crippen LogP contribution < -0.4 is 0 Å². The number of nitrogens with zero attached hydrogens (tertiary/aromatic N) is 2. The van der Waals surface area contributed by atoms with E-state index in [1.54, 1.807) is 0 Å². The predicted molar refractivity (Wildman–Crippen MR) is 73.2 cm³/mol. The molecule has 1 aromatic rings. The Morgan fingerprint density at radius 3 is 2.95 bits per heavy atom. The first kappa shape index (κ1) is 13.6. The highest BCUT2D eigenvalue weighted by Crippen LogP contribution is 2.53. The van der Waals surface area contributed by atoms with E-state index >= 15 is 0 Å². The van der Waals surface area contributed by atoms with E-state index in [-0.39, 0.29) is 5.69 Å². The molecule has 2 fully saturated rings. The van der Waals surface area contributed by atoms with Gasteiger partial charge < -0.3 is 4.74 Å². The summed E-state index contributed by atoms with van der Waals surface area (Å²) in [7, 11) is 0. The van der Waals surface area contributed by atoms with Crippen LogP contribution in [0, 0.1) is 5.41 Å². The first-order valence-electron chi connectivity index (χ1n) is 7.86. The Labute approximate surface area is 122 Å². The molecular weight excluding hydrogens is 276 g/mol. The standard InChI is InChI=1S/C15H21F2N3O/c16-14(17)13-10-8-20(6-3-11(10)18-19-13)9-15(4-5-15)12-2-1-7-21-12/h12,14H,1-9H2,(H,18,19). The molecule has 1 atom stereocenters. The van der Waals surface area contributed by atoms with Crippen molar-refractivity contribution < 1.29 is 13.5 Å². The largest absolute Gasteiger partial charge is 0.378 e. The van der Waals surface area contributed by atoms with Gasteiger partial charge in [-0.3, -0.25) is 10.00 Å². The van der Waals surface area contributed by atoms with Crippen molar-refractivity contribution in [2.45, 2.75) is 51.2 Å². The van der Waals surface area contributed by atoms with Gasteiger partial charge in [-0.25, -0.2) is 8.78 Å². The Kier molecular flexibility index (Phi) is 3.26. The molecule has 3 heterocycles. The van der Waals surface area contributed by atoms with Crippen LogP contribution in [0.4, 0.5) is 8.78 Å². The molecule has 1 aliphatic carbocycles. The summed E-state index contributed by atoms with van der Waals surface area (Å²) in [4.78, 5) is 2.32. The zero-order valence-corrected chi connectivity index (χ0v) is 12.1. The van der Waals surface area contributed by atoms with Gasteiger partial charge >= 0.3 is 0 Å². The molecule has 6 heteroatoms. The molecule has 0 bridgehead atoms. The maximum Gasteiger partial charge on any atom is 0.282 e. The van der Waals surface area contributed by atoms with Crippen molar-refractivity contribution in [1.82, 2.24) is 15.1 Å². The molecule has 3 aliphatic rings. The number of aromatic nitrogens is 2. The summed E-state index contributed by atoms with van der Waals surface area (Å²) in [5.74, 6) is 0. The third-order valence-electron chi connectivity index (χ3n) is 5.29. The zero-order valence-electron chi connectivity index (χ0n) is 12.1. The summed E-state index contributed by atoms with van der Waals surface area (Å²) in [6.07, 6.45) is 3.44. The number of alkyl halides is 2. The molecule has 1 aromatic heterocycles. The van der Waals surface area contributed by atoms with Gasteiger partial charge in [0.15, 0.2) is 0 Å². The number of ether oxygens (including phenoxy) is 1. The molecule has 0 amide bonds. The lowest BCUT2D eigenvalue weighted by molar-refractivity contribution is 0.0298. The molecule has 1 saturated carbocycles. The monoisotopic (exact) mass is 297 g/mol. The molecular formula is C15H21F2N3O. The quantitative estimate of drug-likeness (QED) is 0.929. The van der Waals surface area contributed by atoms with Crippen LogP contribution in [-0.4, -0.2) is 40.9 Å². The minimum atomic E-state index is -2.49. The number of H-pyrrole nitrogens is 1. The second-order valence-electron chi connectivity index (χ2n) is 6.69. The van der Waals surface area contributed by atoms with Gasteiger partial charge in [0.25, 0.3) is 6.43 Å². The maximum absolute atomic E-state index is 13.0. The smallest absolute Gasteiger partial charge is 0.282 e. The number of aromatic amines is 1. The van der Waals surface area contributed by atoms with E-state index in [4.69, 9.17) is 4.74 Å². The number of nitrogens with one attached hydrogen (secondary N) is 1. The molecule has 4 nitrogen and oxygen atoms in total. The molecule has 1 unspecified atom stereocenters. The second-order valence-corrected chi connectivity index (χ2v) is 6.69. The van der Waals surface area contributed by atoms with E-state index < -0.39 is 6.43 Å². The van der Waals surface area contributed by atoms with Crippen molar-refractivity contribution in [1.29, 1.82) is 0 Å². The summed E-state index contributed by atoms with van der Waals surface area (Å²) >= 11 is 0. The van der Waals surface area contributed by atoms with Crippen molar-refractivity contribution in [2.75, 3.05) is 19.7 Å². The summed E-state index contributed by atoms with van der Waals surface area (Å²) in [6, 6.07) is 0. The highest BCUT2D eigenvalue weighted by atomic mass is 19.3. The van der Waals surface area contributed by atoms with Gasteiger partial charge in [0, 0.05) is 49.3 Å². The van der Waals surface area contributed by atoms with Crippen LogP contribution in [0.3, 0.4) is 0 Å². The average Bonchev–Trinajstić information content (AvgIpc) is 2.94. The lowest BCUT2D eigenvalue weighted by Gasteiger charge is -2.33. The number of halogens is 2. The van der Waals surface area contributed by atoms with E-state index in [1.165, 1.54) is 12.8 Å². The topological polar surface area (TPSA) is 41.2 Å². The Hall–Kier alpha value is -1.01. The van der Waals surface area contributed by atoms with Gasteiger partial charge in [-0.15, -0.1) is 0 Å². The summed E-state index contributed by atoms with van der Waals surface area (Å²) in [6.45, 7) is 3.38. The van der Waals surface area contributed by atoms with Gasteiger partial charge in [-0.2, -0.15) is 5.10 Å². The van der Waals surface area contributed by atoms with Gasteiger partial charge in [-0.05, 0) is 25.7 Å². The number of hydrogen-bond donors (Lipinski definition) is 1. The number of rotatable bonds is 4. The normalized spacial score (nSPS) is 28.0. The molecule has 0 aromatic carbocycles. The van der Waals surface area contributed by atoms with Crippen LogP contribution in [-0.2, 0) is 17.7 Å². The fourth-order valence-corrected chi connectivity index (χ4v) is 3.94. The molecule has 2 aliphatic heterocycles. The average molecular weight is 297 g/mol. The Morgan fingerprint density at radius 1 is 1.43 bits per heavy atom. The molecule has 21 heavy (non-hydrogen) atoms. The number of hydrogen-bond acceptors (Lipinski definition) is 3. The lowest BCUT2D eigenvalue weighted by atomic mass is 9.94. The van der Waals surface area contributed by atoms with Crippen LogP contribution in [0.15, 0.2) is 0 Å². The lowest BCUT2D eigenvalue weighted by Crippen LogP contribution is -2.39. The van der Waals surface area contributed by atoms with Gasteiger partial charge in [-0.1, -0.05) is 0 Å². The minimum Gasteiger partial charge on any atom is -0.378 e. The minimum absolute atomic E-state index is 0.0586. The summed E-state index contributed by atoms with van der Waals surface area (Å²) < 4.78 is 31.9. The number of fused-ring (bicyclic) bond motifs is 1. The second kappa shape index (κ2) is 5.02. The van der Waals surface area contributed by atoms with Gasteiger partial charge in [0.1, 0.15) is 5.69 Å². The Bertz CT molecular complexity index is 521. The van der Waals surface area contributed by atoms with Crippen molar-refractivity contribution >= 4 is 0 Å². The van der Waals surface area contributed by atoms with E-state index in [0.717, 1.165) is 50.2 Å². The highest BCUT2D eigenvalue weighted by Gasteiger charge is 2.52. The molecule has 0 spiro atoms. The van der Waals surface area contributed by atoms with Crippen molar-refractivity contribution in [3.63, 3.8) is 0 Å². The fraction of sp³-hybridized carbons (Fsp3) is 0.800. The predicted octanol–water partition coefficient (Wildman–Crippen LogP) is 2.66. The zero-order chi connectivity index (χ0) is 14.4. The van der Waals surface area contributed by atoms with Crippen LogP contribution in [0.5, 0.6) is 0 Å². The third-order valence-corrected chi connectivity index (χ3v) is 5.29. The molecule has 1 saturated heterocycles. The molecule has 4 rings (SSSR count). The molecule has 116 valence electrons. The summed E-state index contributed by atoms with van der Waals surface area (Å²) in [5.41, 5.74) is 1.85. The van der Waals surface area contributed by atoms with Crippen molar-refractivity contribution in [3.05, 3.63) is 17.0 Å². The van der Waals surface area contributed by atoms with Gasteiger partial charge in [0.2, 0.25) is 0 Å². The van der Waals surface area contributed by atoms with E-state index in [0.29, 0.717) is 18.1 Å². The van der Waals surface area contributed by atoms with Crippen LogP contribution in [0.2, 0.25) is 0 Å². The van der Waals surface area contributed by atoms with E-state index in [1.807, 2.05) is 0 Å². The first-order chi connectivity index (χ1) is 10.2. The van der Waals surface area contributed by atoms with E-state index in [9.17, 15) is 8.78 Å². The van der Waals surface area contributed by atoms with Crippen molar-refractivity contribution in [2.24, 2.45) is 5.41 Å². The maximum atomic E-state index is 13.0. The first-order valence-corrected chi connectivity index (χ1v) is 7.86. The highest BCUT2D eigenvalue weighted by molar-refractivity contribution is 5.28. The van der Waals surface area contributed by atoms with Crippen LogP contribution in [0.1, 0.15) is 49.1 Å². The molecule has 0 radical (unpaired) electrons. The SMILES string of the molecule is FC(F)c1n[nH]c2c1CN(CC1(C3CCCO3)CC1)CC2.